The number of H-pyrrole nitrogens is 1. The average molecular weight is 219 g/mol. The minimum Gasteiger partial charge on any atom is -0.351 e. The third-order valence-electron chi connectivity index (χ3n) is 2.29. The summed E-state index contributed by atoms with van der Waals surface area (Å²) in [7, 11) is 0. The zero-order valence-electron chi connectivity index (χ0n) is 8.95. The van der Waals surface area contributed by atoms with Crippen molar-refractivity contribution < 1.29 is 4.79 Å². The SMILES string of the molecule is Cc1[nH]nc2ncc(C(=O)NCCN)cc12. The normalized spacial score (nSPS) is 10.6. The first-order valence-electron chi connectivity index (χ1n) is 5.01. The van der Waals surface area contributed by atoms with Gasteiger partial charge in [-0.1, -0.05) is 0 Å². The van der Waals surface area contributed by atoms with E-state index >= 15 is 0 Å². The number of amides is 1. The van der Waals surface area contributed by atoms with Gasteiger partial charge in [0.25, 0.3) is 5.91 Å². The molecule has 0 fully saturated rings. The van der Waals surface area contributed by atoms with Gasteiger partial charge in [0.05, 0.1) is 5.56 Å². The first-order valence-corrected chi connectivity index (χ1v) is 5.01. The molecule has 6 nitrogen and oxygen atoms in total. The number of nitrogens with one attached hydrogen (secondary N) is 2. The number of aryl methyl sites for hydroxylation is 1. The fourth-order valence-corrected chi connectivity index (χ4v) is 1.43. The largest absolute Gasteiger partial charge is 0.351 e. The molecule has 0 bridgehead atoms. The Balaban J connectivity index is 2.31. The summed E-state index contributed by atoms with van der Waals surface area (Å²) in [6.45, 7) is 2.77. The van der Waals surface area contributed by atoms with Gasteiger partial charge in [-0.2, -0.15) is 5.10 Å². The van der Waals surface area contributed by atoms with Crippen LogP contribution in [0.3, 0.4) is 0 Å². The lowest BCUT2D eigenvalue weighted by molar-refractivity contribution is 0.0954. The molecule has 2 aromatic rings. The maximum absolute atomic E-state index is 11.6. The predicted molar refractivity (Wildman–Crippen MR) is 60.0 cm³/mol. The van der Waals surface area contributed by atoms with E-state index in [9.17, 15) is 4.79 Å². The lowest BCUT2D eigenvalue weighted by Crippen LogP contribution is -2.29. The summed E-state index contributed by atoms with van der Waals surface area (Å²) in [4.78, 5) is 15.7. The summed E-state index contributed by atoms with van der Waals surface area (Å²) in [6, 6.07) is 1.77. The monoisotopic (exact) mass is 219 g/mol. The van der Waals surface area contributed by atoms with Crippen LogP contribution in [0.5, 0.6) is 0 Å². The highest BCUT2D eigenvalue weighted by Crippen LogP contribution is 2.14. The average Bonchev–Trinajstić information content (AvgIpc) is 2.67. The van der Waals surface area contributed by atoms with E-state index in [0.717, 1.165) is 11.1 Å². The van der Waals surface area contributed by atoms with Crippen molar-refractivity contribution in [3.8, 4) is 0 Å². The molecular formula is C10H13N5O. The Bertz CT molecular complexity index is 519. The molecule has 2 aromatic heterocycles. The van der Waals surface area contributed by atoms with Gasteiger partial charge in [0, 0.05) is 30.4 Å². The molecule has 0 atom stereocenters. The lowest BCUT2D eigenvalue weighted by atomic mass is 10.2. The molecule has 6 heteroatoms. The molecule has 16 heavy (non-hydrogen) atoms. The molecule has 4 N–H and O–H groups in total. The van der Waals surface area contributed by atoms with Crippen molar-refractivity contribution in [2.45, 2.75) is 6.92 Å². The van der Waals surface area contributed by atoms with Gasteiger partial charge in [0.2, 0.25) is 0 Å². The second-order valence-corrected chi connectivity index (χ2v) is 3.49. The van der Waals surface area contributed by atoms with E-state index in [1.54, 1.807) is 6.07 Å². The molecule has 84 valence electrons. The Labute approximate surface area is 92.2 Å². The van der Waals surface area contributed by atoms with Crippen molar-refractivity contribution in [1.29, 1.82) is 0 Å². The van der Waals surface area contributed by atoms with E-state index in [0.29, 0.717) is 24.3 Å². The molecule has 0 radical (unpaired) electrons. The molecular weight excluding hydrogens is 206 g/mol. The summed E-state index contributed by atoms with van der Waals surface area (Å²) in [5, 5.41) is 10.4. The van der Waals surface area contributed by atoms with Gasteiger partial charge in [-0.3, -0.25) is 9.89 Å². The van der Waals surface area contributed by atoms with Crippen LogP contribution in [0.15, 0.2) is 12.3 Å². The van der Waals surface area contributed by atoms with Gasteiger partial charge in [-0.05, 0) is 13.0 Å². The number of fused-ring (bicyclic) bond motifs is 1. The van der Waals surface area contributed by atoms with E-state index < -0.39 is 0 Å². The van der Waals surface area contributed by atoms with Gasteiger partial charge in [0.1, 0.15) is 0 Å². The van der Waals surface area contributed by atoms with Crippen molar-refractivity contribution >= 4 is 16.9 Å². The highest BCUT2D eigenvalue weighted by atomic mass is 16.1. The summed E-state index contributed by atoms with van der Waals surface area (Å²) >= 11 is 0. The van der Waals surface area contributed by atoms with Gasteiger partial charge in [0.15, 0.2) is 5.65 Å². The minimum absolute atomic E-state index is 0.166. The van der Waals surface area contributed by atoms with Crippen LogP contribution >= 0.6 is 0 Å². The van der Waals surface area contributed by atoms with Gasteiger partial charge in [-0.15, -0.1) is 0 Å². The quantitative estimate of drug-likeness (QED) is 0.674. The van der Waals surface area contributed by atoms with Crippen LogP contribution in [0, 0.1) is 6.92 Å². The third-order valence-corrected chi connectivity index (χ3v) is 2.29. The van der Waals surface area contributed by atoms with Crippen molar-refractivity contribution in [1.82, 2.24) is 20.5 Å². The lowest BCUT2D eigenvalue weighted by Gasteiger charge is -2.02. The van der Waals surface area contributed by atoms with E-state index in [1.165, 1.54) is 6.20 Å². The van der Waals surface area contributed by atoms with E-state index in [-0.39, 0.29) is 5.91 Å². The molecule has 1 amide bonds. The highest BCUT2D eigenvalue weighted by Gasteiger charge is 2.09. The number of hydrogen-bond donors (Lipinski definition) is 3. The third kappa shape index (κ3) is 1.87. The summed E-state index contributed by atoms with van der Waals surface area (Å²) in [6.07, 6.45) is 1.51. The number of carbonyl (C=O) groups is 1. The number of aromatic amines is 1. The smallest absolute Gasteiger partial charge is 0.252 e. The van der Waals surface area contributed by atoms with E-state index in [4.69, 9.17) is 5.73 Å². The van der Waals surface area contributed by atoms with Crippen molar-refractivity contribution in [3.05, 3.63) is 23.5 Å². The maximum atomic E-state index is 11.6. The van der Waals surface area contributed by atoms with Crippen LogP contribution in [0.25, 0.3) is 11.0 Å². The predicted octanol–water partition coefficient (Wildman–Crippen LogP) is -0.0452. The van der Waals surface area contributed by atoms with Crippen LogP contribution in [-0.2, 0) is 0 Å². The number of nitrogens with two attached hydrogens (primary N) is 1. The molecule has 0 aliphatic heterocycles. The minimum atomic E-state index is -0.166. The van der Waals surface area contributed by atoms with Gasteiger partial charge in [-0.25, -0.2) is 4.98 Å². The zero-order valence-corrected chi connectivity index (χ0v) is 8.95. The van der Waals surface area contributed by atoms with Gasteiger partial charge < -0.3 is 11.1 Å². The number of pyridine rings is 1. The maximum Gasteiger partial charge on any atom is 0.252 e. The van der Waals surface area contributed by atoms with Crippen LogP contribution < -0.4 is 11.1 Å². The van der Waals surface area contributed by atoms with Gasteiger partial charge >= 0.3 is 0 Å². The molecule has 0 spiro atoms. The van der Waals surface area contributed by atoms with E-state index in [2.05, 4.69) is 20.5 Å². The first kappa shape index (κ1) is 10.6. The Morgan fingerprint density at radius 3 is 3.19 bits per heavy atom. The Hall–Kier alpha value is -1.95. The topological polar surface area (TPSA) is 96.7 Å². The Kier molecular flexibility index (Phi) is 2.82. The molecule has 2 heterocycles. The number of aromatic nitrogens is 3. The molecule has 0 aromatic carbocycles. The van der Waals surface area contributed by atoms with Crippen molar-refractivity contribution in [2.75, 3.05) is 13.1 Å². The zero-order chi connectivity index (χ0) is 11.5. The van der Waals surface area contributed by atoms with E-state index in [1.807, 2.05) is 6.92 Å². The molecule has 0 saturated heterocycles. The summed E-state index contributed by atoms with van der Waals surface area (Å²) in [5.41, 5.74) is 7.34. The first-order chi connectivity index (χ1) is 7.72. The summed E-state index contributed by atoms with van der Waals surface area (Å²) < 4.78 is 0. The molecule has 0 saturated carbocycles. The van der Waals surface area contributed by atoms with Crippen molar-refractivity contribution in [2.24, 2.45) is 5.73 Å². The van der Waals surface area contributed by atoms with Crippen molar-refractivity contribution in [3.63, 3.8) is 0 Å². The van der Waals surface area contributed by atoms with Crippen LogP contribution in [0.4, 0.5) is 0 Å². The fraction of sp³-hybridized carbons (Fsp3) is 0.300. The molecule has 0 aliphatic rings. The number of nitrogens with zero attached hydrogens (tertiary/aromatic N) is 2. The second kappa shape index (κ2) is 4.28. The number of hydrogen-bond acceptors (Lipinski definition) is 4. The second-order valence-electron chi connectivity index (χ2n) is 3.49. The number of rotatable bonds is 3. The Morgan fingerprint density at radius 2 is 2.44 bits per heavy atom. The Morgan fingerprint density at radius 1 is 1.62 bits per heavy atom. The van der Waals surface area contributed by atoms with Crippen LogP contribution in [-0.4, -0.2) is 34.2 Å². The molecule has 0 aliphatic carbocycles. The molecule has 2 rings (SSSR count). The van der Waals surface area contributed by atoms with Crippen LogP contribution in [0.2, 0.25) is 0 Å². The highest BCUT2D eigenvalue weighted by molar-refractivity contribution is 5.97. The number of carbonyl (C=O) groups excluding carboxylic acids is 1. The fourth-order valence-electron chi connectivity index (χ4n) is 1.43. The summed E-state index contributed by atoms with van der Waals surface area (Å²) in [5.74, 6) is -0.166. The molecule has 0 unspecified atom stereocenters. The van der Waals surface area contributed by atoms with Crippen LogP contribution in [0.1, 0.15) is 16.1 Å². The standard InChI is InChI=1S/C10H13N5O/c1-6-8-4-7(10(16)12-3-2-11)5-13-9(8)15-14-6/h4-5H,2-3,11H2,1H3,(H,12,16)(H,13,14,15).